The van der Waals surface area contributed by atoms with Crippen molar-refractivity contribution in [2.75, 3.05) is 6.54 Å². The van der Waals surface area contributed by atoms with E-state index >= 15 is 0 Å². The molecule has 3 rings (SSSR count). The summed E-state index contributed by atoms with van der Waals surface area (Å²) in [5.74, 6) is 0. The van der Waals surface area contributed by atoms with Gasteiger partial charge in [-0.05, 0) is 18.1 Å². The Kier molecular flexibility index (Phi) is 3.47. The minimum atomic E-state index is 0.399. The first-order chi connectivity index (χ1) is 9.34. The van der Waals surface area contributed by atoms with Gasteiger partial charge in [-0.15, -0.1) is 0 Å². The van der Waals surface area contributed by atoms with Crippen molar-refractivity contribution in [1.29, 1.82) is 0 Å². The molecule has 2 aromatic carbocycles. The summed E-state index contributed by atoms with van der Waals surface area (Å²) in [6.45, 7) is 3.48. The molecule has 96 valence electrons. The Hall–Kier alpha value is -1.86. The maximum atomic E-state index is 2.51. The number of rotatable bonds is 4. The molecule has 19 heavy (non-hydrogen) atoms. The third kappa shape index (κ3) is 2.94. The first-order valence-corrected chi connectivity index (χ1v) is 6.88. The summed E-state index contributed by atoms with van der Waals surface area (Å²) >= 11 is 0. The van der Waals surface area contributed by atoms with Gasteiger partial charge in [0.15, 0.2) is 0 Å². The van der Waals surface area contributed by atoms with Gasteiger partial charge in [0, 0.05) is 12.6 Å². The Labute approximate surface area is 115 Å². The molecule has 0 saturated carbocycles. The van der Waals surface area contributed by atoms with E-state index in [0.717, 1.165) is 0 Å². The molecular formula is C18H19N. The van der Waals surface area contributed by atoms with Crippen LogP contribution in [0.25, 0.3) is 6.08 Å². The number of benzene rings is 2. The molecule has 1 saturated heterocycles. The molecule has 0 amide bonds. The highest BCUT2D eigenvalue weighted by molar-refractivity contribution is 5.50. The molecule has 0 N–H and O–H groups in total. The molecule has 0 aliphatic carbocycles. The fraction of sp³-hybridized carbons (Fsp3) is 0.222. The van der Waals surface area contributed by atoms with Crippen molar-refractivity contribution in [3.05, 3.63) is 77.9 Å². The Morgan fingerprint density at radius 2 is 1.58 bits per heavy atom. The monoisotopic (exact) mass is 249 g/mol. The third-order valence-electron chi connectivity index (χ3n) is 3.68. The quantitative estimate of drug-likeness (QED) is 0.736. The number of nitrogens with zero attached hydrogens (tertiary/aromatic N) is 1. The fourth-order valence-electron chi connectivity index (χ4n) is 2.48. The van der Waals surface area contributed by atoms with Crippen molar-refractivity contribution in [3.8, 4) is 0 Å². The SMILES string of the molecule is CC1CN1C(/C=C/c1ccccc1)c1ccccc1. The first-order valence-electron chi connectivity index (χ1n) is 6.88. The van der Waals surface area contributed by atoms with Gasteiger partial charge in [-0.2, -0.15) is 0 Å². The predicted octanol–water partition coefficient (Wildman–Crippen LogP) is 4.15. The average Bonchev–Trinajstić information content (AvgIpc) is 3.18. The normalized spacial score (nSPS) is 23.4. The van der Waals surface area contributed by atoms with Gasteiger partial charge in [0.25, 0.3) is 0 Å². The zero-order valence-corrected chi connectivity index (χ0v) is 11.2. The summed E-state index contributed by atoms with van der Waals surface area (Å²) in [5, 5.41) is 0. The second-order valence-corrected chi connectivity index (χ2v) is 5.17. The van der Waals surface area contributed by atoms with Crippen LogP contribution in [-0.2, 0) is 0 Å². The average molecular weight is 249 g/mol. The lowest BCUT2D eigenvalue weighted by Crippen LogP contribution is -2.08. The van der Waals surface area contributed by atoms with E-state index < -0.39 is 0 Å². The maximum absolute atomic E-state index is 2.51. The van der Waals surface area contributed by atoms with Crippen LogP contribution in [0, 0.1) is 0 Å². The van der Waals surface area contributed by atoms with Crippen LogP contribution in [-0.4, -0.2) is 17.5 Å². The van der Waals surface area contributed by atoms with Gasteiger partial charge in [-0.1, -0.05) is 72.8 Å². The lowest BCUT2D eigenvalue weighted by Gasteiger charge is -2.15. The van der Waals surface area contributed by atoms with E-state index in [1.165, 1.54) is 17.7 Å². The molecule has 3 unspecified atom stereocenters. The summed E-state index contributed by atoms with van der Waals surface area (Å²) in [6.07, 6.45) is 4.54. The van der Waals surface area contributed by atoms with Crippen LogP contribution in [0.3, 0.4) is 0 Å². The minimum absolute atomic E-state index is 0.399. The van der Waals surface area contributed by atoms with E-state index in [2.05, 4.69) is 84.6 Å². The van der Waals surface area contributed by atoms with Crippen LogP contribution in [0.5, 0.6) is 0 Å². The molecule has 1 aliphatic heterocycles. The smallest absolute Gasteiger partial charge is 0.0538 e. The van der Waals surface area contributed by atoms with Crippen molar-refractivity contribution in [2.45, 2.75) is 19.0 Å². The Balaban J connectivity index is 1.83. The maximum Gasteiger partial charge on any atom is 0.0538 e. The Bertz CT molecular complexity index is 544. The zero-order chi connectivity index (χ0) is 13.1. The van der Waals surface area contributed by atoms with Gasteiger partial charge < -0.3 is 0 Å². The van der Waals surface area contributed by atoms with Crippen molar-refractivity contribution in [1.82, 2.24) is 4.90 Å². The van der Waals surface area contributed by atoms with Gasteiger partial charge in [0.1, 0.15) is 0 Å². The molecule has 1 aliphatic rings. The number of hydrogen-bond donors (Lipinski definition) is 0. The van der Waals surface area contributed by atoms with Crippen LogP contribution in [0.1, 0.15) is 24.1 Å². The van der Waals surface area contributed by atoms with E-state index in [-0.39, 0.29) is 0 Å². The summed E-state index contributed by atoms with van der Waals surface area (Å²) in [5.41, 5.74) is 2.64. The summed E-state index contributed by atoms with van der Waals surface area (Å²) < 4.78 is 0. The Morgan fingerprint density at radius 1 is 1.00 bits per heavy atom. The van der Waals surface area contributed by atoms with Crippen LogP contribution in [0.4, 0.5) is 0 Å². The molecule has 1 heterocycles. The largest absolute Gasteiger partial charge is 0.287 e. The lowest BCUT2D eigenvalue weighted by atomic mass is 10.1. The van der Waals surface area contributed by atoms with Gasteiger partial charge in [0.05, 0.1) is 6.04 Å². The highest BCUT2D eigenvalue weighted by Crippen LogP contribution is 2.33. The molecule has 3 atom stereocenters. The fourth-order valence-corrected chi connectivity index (χ4v) is 2.48. The Morgan fingerprint density at radius 3 is 2.16 bits per heavy atom. The number of hydrogen-bond acceptors (Lipinski definition) is 1. The molecule has 0 aromatic heterocycles. The van der Waals surface area contributed by atoms with E-state index in [9.17, 15) is 0 Å². The summed E-state index contributed by atoms with van der Waals surface area (Å²) in [4.78, 5) is 2.51. The van der Waals surface area contributed by atoms with Crippen LogP contribution >= 0.6 is 0 Å². The topological polar surface area (TPSA) is 3.01 Å². The molecule has 1 fully saturated rings. The van der Waals surface area contributed by atoms with E-state index in [0.29, 0.717) is 12.1 Å². The van der Waals surface area contributed by atoms with Crippen molar-refractivity contribution < 1.29 is 0 Å². The summed E-state index contributed by atoms with van der Waals surface area (Å²) in [7, 11) is 0. The molecule has 1 nitrogen and oxygen atoms in total. The van der Waals surface area contributed by atoms with E-state index in [4.69, 9.17) is 0 Å². The van der Waals surface area contributed by atoms with Crippen molar-refractivity contribution in [3.63, 3.8) is 0 Å². The standard InChI is InChI=1S/C18H19N/c1-15-14-19(15)18(17-10-6-3-7-11-17)13-12-16-8-4-2-5-9-16/h2-13,15,18H,14H2,1H3/b13-12+. The van der Waals surface area contributed by atoms with Crippen molar-refractivity contribution >= 4 is 6.08 Å². The molecule has 0 spiro atoms. The first kappa shape index (κ1) is 12.2. The van der Waals surface area contributed by atoms with Crippen molar-refractivity contribution in [2.24, 2.45) is 0 Å². The van der Waals surface area contributed by atoms with Gasteiger partial charge in [0.2, 0.25) is 0 Å². The third-order valence-corrected chi connectivity index (χ3v) is 3.68. The molecule has 2 aromatic rings. The van der Waals surface area contributed by atoms with Gasteiger partial charge >= 0.3 is 0 Å². The molecule has 0 bridgehead atoms. The van der Waals surface area contributed by atoms with Crippen LogP contribution in [0.2, 0.25) is 0 Å². The van der Waals surface area contributed by atoms with E-state index in [1.54, 1.807) is 0 Å². The predicted molar refractivity (Wildman–Crippen MR) is 80.8 cm³/mol. The van der Waals surface area contributed by atoms with Crippen LogP contribution < -0.4 is 0 Å². The second-order valence-electron chi connectivity index (χ2n) is 5.17. The lowest BCUT2D eigenvalue weighted by molar-refractivity contribution is 0.453. The zero-order valence-electron chi connectivity index (χ0n) is 11.2. The molecular weight excluding hydrogens is 230 g/mol. The van der Waals surface area contributed by atoms with E-state index in [1.807, 2.05) is 0 Å². The summed E-state index contributed by atoms with van der Waals surface area (Å²) in [6, 6.07) is 22.3. The van der Waals surface area contributed by atoms with Gasteiger partial charge in [-0.3, -0.25) is 4.90 Å². The second kappa shape index (κ2) is 5.41. The van der Waals surface area contributed by atoms with Crippen LogP contribution in [0.15, 0.2) is 66.7 Å². The van der Waals surface area contributed by atoms with Gasteiger partial charge in [-0.25, -0.2) is 0 Å². The highest BCUT2D eigenvalue weighted by atomic mass is 15.3. The minimum Gasteiger partial charge on any atom is -0.287 e. The molecule has 0 radical (unpaired) electrons. The molecule has 1 heteroatoms. The highest BCUT2D eigenvalue weighted by Gasteiger charge is 2.35.